The van der Waals surface area contributed by atoms with Gasteiger partial charge in [-0.25, -0.2) is 4.98 Å². The summed E-state index contributed by atoms with van der Waals surface area (Å²) in [6, 6.07) is 3.71. The molecule has 1 heterocycles. The van der Waals surface area contributed by atoms with Crippen molar-refractivity contribution in [3.8, 4) is 6.07 Å². The average Bonchev–Trinajstić information content (AvgIpc) is 2.30. The van der Waals surface area contributed by atoms with Crippen LogP contribution in [0.4, 0.5) is 5.69 Å². The Morgan fingerprint density at radius 1 is 1.69 bits per heavy atom. The van der Waals surface area contributed by atoms with E-state index in [4.69, 9.17) is 10.7 Å². The molecule has 16 heavy (non-hydrogen) atoms. The second kappa shape index (κ2) is 5.41. The molecule has 1 aromatic heterocycles. The minimum absolute atomic E-state index is 0.224. The highest BCUT2D eigenvalue weighted by Crippen LogP contribution is 2.11. The fraction of sp³-hybridized carbons (Fsp3) is 0.0909. The summed E-state index contributed by atoms with van der Waals surface area (Å²) in [5, 5.41) is 18.4. The van der Waals surface area contributed by atoms with E-state index >= 15 is 0 Å². The fourth-order valence-electron chi connectivity index (χ4n) is 1.05. The van der Waals surface area contributed by atoms with Crippen molar-refractivity contribution in [1.82, 2.24) is 4.98 Å². The molecule has 5 heteroatoms. The molecule has 1 aromatic rings. The Morgan fingerprint density at radius 3 is 2.94 bits per heavy atom. The number of nitrogens with one attached hydrogen (secondary N) is 2. The van der Waals surface area contributed by atoms with E-state index < -0.39 is 0 Å². The third kappa shape index (κ3) is 2.75. The van der Waals surface area contributed by atoms with E-state index in [0.29, 0.717) is 17.7 Å². The van der Waals surface area contributed by atoms with E-state index in [-0.39, 0.29) is 5.57 Å². The summed E-state index contributed by atoms with van der Waals surface area (Å²) in [4.78, 5) is 14.3. The number of aryl methyl sites for hydroxylation is 1. The second-order valence-electron chi connectivity index (χ2n) is 3.05. The number of carbonyl (C=O) groups excluding carboxylic acids is 1. The summed E-state index contributed by atoms with van der Waals surface area (Å²) in [5.41, 5.74) is 2.01. The van der Waals surface area contributed by atoms with Crippen LogP contribution in [-0.2, 0) is 4.79 Å². The van der Waals surface area contributed by atoms with Gasteiger partial charge in [-0.15, -0.1) is 0 Å². The summed E-state index contributed by atoms with van der Waals surface area (Å²) in [7, 11) is 0. The monoisotopic (exact) mass is 214 g/mol. The lowest BCUT2D eigenvalue weighted by atomic mass is 10.2. The lowest BCUT2D eigenvalue weighted by molar-refractivity contribution is -0.104. The molecule has 0 saturated carbocycles. The summed E-state index contributed by atoms with van der Waals surface area (Å²) in [6.45, 7) is 1.78. The van der Waals surface area contributed by atoms with E-state index in [1.54, 1.807) is 13.0 Å². The zero-order valence-electron chi connectivity index (χ0n) is 8.69. The van der Waals surface area contributed by atoms with Gasteiger partial charge in [0.25, 0.3) is 0 Å². The number of aldehydes is 1. The first-order chi connectivity index (χ1) is 7.71. The van der Waals surface area contributed by atoms with E-state index in [0.717, 1.165) is 11.8 Å². The number of hydrogen-bond donors (Lipinski definition) is 2. The molecular formula is C11H10N4O. The Hall–Kier alpha value is -2.48. The van der Waals surface area contributed by atoms with E-state index in [1.165, 1.54) is 12.4 Å². The van der Waals surface area contributed by atoms with Gasteiger partial charge in [-0.1, -0.05) is 0 Å². The molecule has 0 radical (unpaired) electrons. The molecular weight excluding hydrogens is 204 g/mol. The maximum atomic E-state index is 10.4. The van der Waals surface area contributed by atoms with Gasteiger partial charge in [-0.3, -0.25) is 4.79 Å². The van der Waals surface area contributed by atoms with Crippen LogP contribution >= 0.6 is 0 Å². The van der Waals surface area contributed by atoms with Gasteiger partial charge in [0.05, 0.1) is 11.9 Å². The Labute approximate surface area is 92.9 Å². The van der Waals surface area contributed by atoms with Crippen molar-refractivity contribution in [1.29, 1.82) is 10.7 Å². The number of nitriles is 1. The first-order valence-electron chi connectivity index (χ1n) is 4.50. The van der Waals surface area contributed by atoms with Crippen LogP contribution in [0.25, 0.3) is 0 Å². The molecule has 0 atom stereocenters. The maximum absolute atomic E-state index is 10.4. The molecule has 0 amide bonds. The molecule has 0 unspecified atom stereocenters. The summed E-state index contributed by atoms with van der Waals surface area (Å²) < 4.78 is 0. The highest BCUT2D eigenvalue weighted by Gasteiger charge is 1.99. The highest BCUT2D eigenvalue weighted by molar-refractivity contribution is 6.00. The van der Waals surface area contributed by atoms with Gasteiger partial charge < -0.3 is 10.7 Å². The molecule has 0 fully saturated rings. The normalized spacial score (nSPS) is 10.4. The second-order valence-corrected chi connectivity index (χ2v) is 3.05. The van der Waals surface area contributed by atoms with Gasteiger partial charge in [0, 0.05) is 18.0 Å². The minimum Gasteiger partial charge on any atom is -0.360 e. The molecule has 0 spiro atoms. The van der Waals surface area contributed by atoms with Crippen molar-refractivity contribution in [3.05, 3.63) is 35.3 Å². The van der Waals surface area contributed by atoms with Gasteiger partial charge in [0.15, 0.2) is 6.29 Å². The Morgan fingerprint density at radius 2 is 2.44 bits per heavy atom. The fourth-order valence-corrected chi connectivity index (χ4v) is 1.05. The molecule has 0 aromatic carbocycles. The lowest BCUT2D eigenvalue weighted by Crippen LogP contribution is -1.96. The largest absolute Gasteiger partial charge is 0.360 e. The lowest BCUT2D eigenvalue weighted by Gasteiger charge is -2.02. The zero-order chi connectivity index (χ0) is 12.0. The number of allylic oxidation sites excluding steroid dienone is 1. The number of anilines is 1. The SMILES string of the molecule is Cc1cc(N/C=C(\C=N)C=O)cnc1C#N. The van der Waals surface area contributed by atoms with E-state index in [9.17, 15) is 4.79 Å². The van der Waals surface area contributed by atoms with Crippen molar-refractivity contribution < 1.29 is 4.79 Å². The van der Waals surface area contributed by atoms with Crippen molar-refractivity contribution >= 4 is 18.2 Å². The minimum atomic E-state index is 0.224. The number of pyridine rings is 1. The molecule has 80 valence electrons. The molecule has 0 aliphatic rings. The van der Waals surface area contributed by atoms with Crippen LogP contribution in [0.2, 0.25) is 0 Å². The molecule has 0 aliphatic carbocycles. The number of hydrogen-bond acceptors (Lipinski definition) is 5. The number of rotatable bonds is 4. The number of nitrogens with zero attached hydrogens (tertiary/aromatic N) is 2. The summed E-state index contributed by atoms with van der Waals surface area (Å²) in [6.07, 6.45) is 4.42. The third-order valence-corrected chi connectivity index (χ3v) is 1.89. The van der Waals surface area contributed by atoms with Crippen LogP contribution in [0.15, 0.2) is 24.0 Å². The maximum Gasteiger partial charge on any atom is 0.153 e. The molecule has 0 aliphatic heterocycles. The van der Waals surface area contributed by atoms with Crippen LogP contribution in [0.3, 0.4) is 0 Å². The van der Waals surface area contributed by atoms with Crippen molar-refractivity contribution in [2.75, 3.05) is 5.32 Å². The van der Waals surface area contributed by atoms with Crippen LogP contribution in [-0.4, -0.2) is 17.5 Å². The molecule has 0 bridgehead atoms. The molecule has 0 saturated heterocycles. The van der Waals surface area contributed by atoms with Gasteiger partial charge >= 0.3 is 0 Å². The zero-order valence-corrected chi connectivity index (χ0v) is 8.69. The Bertz CT molecular complexity index is 475. The van der Waals surface area contributed by atoms with Crippen LogP contribution < -0.4 is 5.32 Å². The first kappa shape index (κ1) is 11.6. The van der Waals surface area contributed by atoms with Crippen LogP contribution in [0, 0.1) is 23.7 Å². The van der Waals surface area contributed by atoms with Gasteiger partial charge in [0.1, 0.15) is 11.8 Å². The number of aromatic nitrogens is 1. The van der Waals surface area contributed by atoms with Gasteiger partial charge in [0.2, 0.25) is 0 Å². The van der Waals surface area contributed by atoms with Gasteiger partial charge in [-0.05, 0) is 18.6 Å². The van der Waals surface area contributed by atoms with Crippen molar-refractivity contribution in [3.63, 3.8) is 0 Å². The Kier molecular flexibility index (Phi) is 3.92. The molecule has 1 rings (SSSR count). The highest BCUT2D eigenvalue weighted by atomic mass is 16.1. The quantitative estimate of drug-likeness (QED) is 0.450. The van der Waals surface area contributed by atoms with Crippen LogP contribution in [0.1, 0.15) is 11.3 Å². The Balaban J connectivity index is 2.88. The van der Waals surface area contributed by atoms with E-state index in [2.05, 4.69) is 10.3 Å². The smallest absolute Gasteiger partial charge is 0.153 e. The summed E-state index contributed by atoms with van der Waals surface area (Å²) >= 11 is 0. The standard InChI is InChI=1S/C11H10N4O/c1-8-2-10(6-15-11(8)4-13)14-5-9(3-12)7-16/h2-3,5-7,12,14H,1H3/b9-5+,12-3?. The van der Waals surface area contributed by atoms with Crippen molar-refractivity contribution in [2.24, 2.45) is 0 Å². The predicted octanol–water partition coefficient (Wildman–Crippen LogP) is 1.41. The molecule has 5 nitrogen and oxygen atoms in total. The molecule has 2 N–H and O–H groups in total. The number of carbonyl (C=O) groups is 1. The first-order valence-corrected chi connectivity index (χ1v) is 4.50. The van der Waals surface area contributed by atoms with E-state index in [1.807, 2.05) is 6.07 Å². The van der Waals surface area contributed by atoms with Crippen molar-refractivity contribution in [2.45, 2.75) is 6.92 Å². The average molecular weight is 214 g/mol. The predicted molar refractivity (Wildman–Crippen MR) is 60.2 cm³/mol. The third-order valence-electron chi connectivity index (χ3n) is 1.89. The topological polar surface area (TPSA) is 89.6 Å². The van der Waals surface area contributed by atoms with Crippen LogP contribution in [0.5, 0.6) is 0 Å². The van der Waals surface area contributed by atoms with Gasteiger partial charge in [-0.2, -0.15) is 5.26 Å². The summed E-state index contributed by atoms with van der Waals surface area (Å²) in [5.74, 6) is 0.